The van der Waals surface area contributed by atoms with Crippen LogP contribution in [0.15, 0.2) is 24.3 Å². The summed E-state index contributed by atoms with van der Waals surface area (Å²) in [5, 5.41) is 0.843. The second-order valence-corrected chi connectivity index (χ2v) is 5.55. The molecule has 17 heavy (non-hydrogen) atoms. The van der Waals surface area contributed by atoms with Crippen LogP contribution in [0.2, 0.25) is 5.02 Å². The SMILES string of the molecule is Clc1cccc(N2CCCN3CCCC3C2)c1. The van der Waals surface area contributed by atoms with E-state index in [9.17, 15) is 0 Å². The van der Waals surface area contributed by atoms with E-state index in [2.05, 4.69) is 28.0 Å². The molecule has 2 aliphatic rings. The zero-order valence-corrected chi connectivity index (χ0v) is 10.9. The third kappa shape index (κ3) is 2.43. The fourth-order valence-electron chi connectivity index (χ4n) is 3.11. The number of anilines is 1. The molecule has 0 aliphatic carbocycles. The number of nitrogens with zero attached hydrogens (tertiary/aromatic N) is 2. The van der Waals surface area contributed by atoms with Crippen molar-refractivity contribution >= 4 is 17.3 Å². The number of hydrogen-bond acceptors (Lipinski definition) is 2. The summed E-state index contributed by atoms with van der Waals surface area (Å²) in [5.41, 5.74) is 1.28. The molecule has 3 heteroatoms. The van der Waals surface area contributed by atoms with Crippen LogP contribution in [0.4, 0.5) is 5.69 Å². The smallest absolute Gasteiger partial charge is 0.0426 e. The Morgan fingerprint density at radius 3 is 2.88 bits per heavy atom. The van der Waals surface area contributed by atoms with E-state index in [1.807, 2.05) is 6.07 Å². The van der Waals surface area contributed by atoms with E-state index in [0.717, 1.165) is 17.6 Å². The van der Waals surface area contributed by atoms with E-state index in [0.29, 0.717) is 0 Å². The Labute approximate surface area is 108 Å². The van der Waals surface area contributed by atoms with E-state index < -0.39 is 0 Å². The molecule has 1 aromatic carbocycles. The molecule has 2 heterocycles. The number of benzene rings is 1. The maximum absolute atomic E-state index is 6.08. The molecule has 2 fully saturated rings. The van der Waals surface area contributed by atoms with E-state index in [-0.39, 0.29) is 0 Å². The molecule has 1 atom stereocenters. The van der Waals surface area contributed by atoms with Gasteiger partial charge in [-0.3, -0.25) is 4.90 Å². The highest BCUT2D eigenvalue weighted by Gasteiger charge is 2.28. The van der Waals surface area contributed by atoms with Crippen molar-refractivity contribution in [2.24, 2.45) is 0 Å². The summed E-state index contributed by atoms with van der Waals surface area (Å²) in [6.07, 6.45) is 3.99. The van der Waals surface area contributed by atoms with Gasteiger partial charge in [-0.2, -0.15) is 0 Å². The highest BCUT2D eigenvalue weighted by molar-refractivity contribution is 6.30. The highest BCUT2D eigenvalue weighted by Crippen LogP contribution is 2.26. The predicted octanol–water partition coefficient (Wildman–Crippen LogP) is 3.01. The molecule has 0 amide bonds. The zero-order chi connectivity index (χ0) is 11.7. The van der Waals surface area contributed by atoms with Crippen molar-refractivity contribution in [3.63, 3.8) is 0 Å². The van der Waals surface area contributed by atoms with Gasteiger partial charge in [-0.1, -0.05) is 17.7 Å². The van der Waals surface area contributed by atoms with Crippen molar-refractivity contribution in [1.82, 2.24) is 4.90 Å². The van der Waals surface area contributed by atoms with E-state index in [1.165, 1.54) is 44.6 Å². The van der Waals surface area contributed by atoms with Gasteiger partial charge in [0.15, 0.2) is 0 Å². The van der Waals surface area contributed by atoms with E-state index in [1.54, 1.807) is 0 Å². The molecule has 2 saturated heterocycles. The lowest BCUT2D eigenvalue weighted by molar-refractivity contribution is 0.273. The largest absolute Gasteiger partial charge is 0.370 e. The zero-order valence-electron chi connectivity index (χ0n) is 10.1. The third-order valence-electron chi connectivity index (χ3n) is 3.98. The van der Waals surface area contributed by atoms with Gasteiger partial charge in [0.2, 0.25) is 0 Å². The Bertz CT molecular complexity index is 394. The van der Waals surface area contributed by atoms with Crippen LogP contribution in [0.1, 0.15) is 19.3 Å². The van der Waals surface area contributed by atoms with Crippen molar-refractivity contribution in [2.45, 2.75) is 25.3 Å². The molecular weight excluding hydrogens is 232 g/mol. The summed E-state index contributed by atoms with van der Waals surface area (Å²) in [7, 11) is 0. The van der Waals surface area contributed by atoms with Crippen LogP contribution in [-0.4, -0.2) is 37.1 Å². The van der Waals surface area contributed by atoms with Crippen LogP contribution in [0, 0.1) is 0 Å². The lowest BCUT2D eigenvalue weighted by Crippen LogP contribution is -2.36. The molecule has 0 saturated carbocycles. The second-order valence-electron chi connectivity index (χ2n) is 5.11. The monoisotopic (exact) mass is 250 g/mol. The van der Waals surface area contributed by atoms with Gasteiger partial charge >= 0.3 is 0 Å². The minimum absolute atomic E-state index is 0.761. The number of hydrogen-bond donors (Lipinski definition) is 0. The summed E-state index contributed by atoms with van der Waals surface area (Å²) in [5.74, 6) is 0. The van der Waals surface area contributed by atoms with Gasteiger partial charge in [0, 0.05) is 36.4 Å². The van der Waals surface area contributed by atoms with Gasteiger partial charge in [-0.15, -0.1) is 0 Å². The molecule has 1 unspecified atom stereocenters. The molecule has 0 N–H and O–H groups in total. The first-order valence-electron chi connectivity index (χ1n) is 6.57. The third-order valence-corrected chi connectivity index (χ3v) is 4.21. The van der Waals surface area contributed by atoms with Crippen molar-refractivity contribution in [2.75, 3.05) is 31.1 Å². The first-order valence-corrected chi connectivity index (χ1v) is 6.95. The Balaban J connectivity index is 1.78. The second kappa shape index (κ2) is 4.87. The van der Waals surface area contributed by atoms with Gasteiger partial charge in [0.05, 0.1) is 0 Å². The summed E-state index contributed by atoms with van der Waals surface area (Å²) in [4.78, 5) is 5.16. The van der Waals surface area contributed by atoms with Crippen LogP contribution in [-0.2, 0) is 0 Å². The Hall–Kier alpha value is -0.730. The summed E-state index contributed by atoms with van der Waals surface area (Å²) in [6, 6.07) is 9.03. The van der Waals surface area contributed by atoms with Crippen LogP contribution in [0.3, 0.4) is 0 Å². The number of halogens is 1. The van der Waals surface area contributed by atoms with Gasteiger partial charge < -0.3 is 4.90 Å². The minimum Gasteiger partial charge on any atom is -0.370 e. The molecule has 0 radical (unpaired) electrons. The maximum Gasteiger partial charge on any atom is 0.0426 e. The van der Waals surface area contributed by atoms with Gasteiger partial charge in [-0.05, 0) is 44.0 Å². The fourth-order valence-corrected chi connectivity index (χ4v) is 3.30. The molecule has 0 bridgehead atoms. The molecule has 2 nitrogen and oxygen atoms in total. The number of fused-ring (bicyclic) bond motifs is 1. The van der Waals surface area contributed by atoms with E-state index in [4.69, 9.17) is 11.6 Å². The molecule has 0 aromatic heterocycles. The van der Waals surface area contributed by atoms with Crippen molar-refractivity contribution in [3.8, 4) is 0 Å². The normalized spacial score (nSPS) is 25.7. The Kier molecular flexibility index (Phi) is 3.26. The summed E-state index contributed by atoms with van der Waals surface area (Å²) < 4.78 is 0. The van der Waals surface area contributed by atoms with Crippen LogP contribution < -0.4 is 4.90 Å². The lowest BCUT2D eigenvalue weighted by atomic mass is 10.2. The molecule has 2 aliphatic heterocycles. The van der Waals surface area contributed by atoms with Crippen molar-refractivity contribution in [3.05, 3.63) is 29.3 Å². The Morgan fingerprint density at radius 2 is 2.00 bits per heavy atom. The predicted molar refractivity (Wildman–Crippen MR) is 72.9 cm³/mol. The molecule has 0 spiro atoms. The molecule has 92 valence electrons. The van der Waals surface area contributed by atoms with Gasteiger partial charge in [0.25, 0.3) is 0 Å². The molecule has 1 aromatic rings. The first-order chi connectivity index (χ1) is 8.33. The highest BCUT2D eigenvalue weighted by atomic mass is 35.5. The van der Waals surface area contributed by atoms with Gasteiger partial charge in [0.1, 0.15) is 0 Å². The van der Waals surface area contributed by atoms with Crippen LogP contribution in [0.5, 0.6) is 0 Å². The summed E-state index contributed by atoms with van der Waals surface area (Å²) >= 11 is 6.08. The molecular formula is C14H19ClN2. The van der Waals surface area contributed by atoms with Crippen molar-refractivity contribution < 1.29 is 0 Å². The Morgan fingerprint density at radius 1 is 1.12 bits per heavy atom. The van der Waals surface area contributed by atoms with Crippen LogP contribution in [0.25, 0.3) is 0 Å². The maximum atomic E-state index is 6.08. The van der Waals surface area contributed by atoms with Gasteiger partial charge in [-0.25, -0.2) is 0 Å². The lowest BCUT2D eigenvalue weighted by Gasteiger charge is -2.27. The van der Waals surface area contributed by atoms with E-state index >= 15 is 0 Å². The first kappa shape index (κ1) is 11.4. The number of rotatable bonds is 1. The topological polar surface area (TPSA) is 6.48 Å². The standard InChI is InChI=1S/C14H19ClN2/c15-12-4-1-5-13(10-12)17-9-3-8-16-7-2-6-14(16)11-17/h1,4-5,10,14H,2-3,6-9,11H2. The van der Waals surface area contributed by atoms with Crippen LogP contribution >= 0.6 is 11.6 Å². The van der Waals surface area contributed by atoms with Crippen molar-refractivity contribution in [1.29, 1.82) is 0 Å². The average molecular weight is 251 g/mol. The molecule has 3 rings (SSSR count). The summed E-state index contributed by atoms with van der Waals surface area (Å²) in [6.45, 7) is 4.89. The fraction of sp³-hybridized carbons (Fsp3) is 0.571. The quantitative estimate of drug-likeness (QED) is 0.756. The minimum atomic E-state index is 0.761. The average Bonchev–Trinajstić information content (AvgIpc) is 2.66.